The second kappa shape index (κ2) is 8.84. The minimum absolute atomic E-state index is 0.0390. The van der Waals surface area contributed by atoms with Crippen LogP contribution in [0.5, 0.6) is 0 Å². The molecule has 2 N–H and O–H groups in total. The minimum atomic E-state index is -0.607. The topological polar surface area (TPSA) is 87.7 Å². The molecule has 0 radical (unpaired) electrons. The fourth-order valence-corrected chi connectivity index (χ4v) is 3.43. The van der Waals surface area contributed by atoms with Crippen molar-refractivity contribution in [2.24, 2.45) is 5.92 Å². The summed E-state index contributed by atoms with van der Waals surface area (Å²) in [7, 11) is 1.28. The molecule has 7 nitrogen and oxygen atoms in total. The molecule has 0 unspecified atom stereocenters. The van der Waals surface area contributed by atoms with E-state index in [0.717, 1.165) is 0 Å². The van der Waals surface area contributed by atoms with Gasteiger partial charge in [0.1, 0.15) is 6.04 Å². The van der Waals surface area contributed by atoms with Crippen molar-refractivity contribution in [2.45, 2.75) is 38.8 Å². The number of nitrogens with one attached hydrogen (secondary N) is 2. The molecule has 1 aliphatic rings. The number of likely N-dealkylation sites (tertiary alicyclic amines) is 1. The van der Waals surface area contributed by atoms with Gasteiger partial charge in [0.2, 0.25) is 5.91 Å². The molecule has 0 saturated carbocycles. The van der Waals surface area contributed by atoms with Crippen LogP contribution in [-0.2, 0) is 9.53 Å². The van der Waals surface area contributed by atoms with Crippen LogP contribution in [0.15, 0.2) is 17.5 Å². The maximum atomic E-state index is 12.7. The van der Waals surface area contributed by atoms with Gasteiger partial charge in [-0.1, -0.05) is 19.9 Å². The summed E-state index contributed by atoms with van der Waals surface area (Å²) in [5.74, 6) is -0.210. The summed E-state index contributed by atoms with van der Waals surface area (Å²) in [5.41, 5.74) is 0. The second-order valence-electron chi connectivity index (χ2n) is 6.41. The van der Waals surface area contributed by atoms with Gasteiger partial charge in [0.15, 0.2) is 0 Å². The monoisotopic (exact) mass is 367 g/mol. The van der Waals surface area contributed by atoms with Gasteiger partial charge in [-0.25, -0.2) is 4.79 Å². The molecule has 0 bridgehead atoms. The predicted octanol–water partition coefficient (Wildman–Crippen LogP) is 1.85. The molecule has 3 amide bonds. The number of nitrogens with zero attached hydrogens (tertiary/aromatic N) is 1. The second-order valence-corrected chi connectivity index (χ2v) is 7.36. The first-order chi connectivity index (χ1) is 11.9. The summed E-state index contributed by atoms with van der Waals surface area (Å²) >= 11 is 1.41. The van der Waals surface area contributed by atoms with E-state index in [0.29, 0.717) is 30.8 Å². The van der Waals surface area contributed by atoms with Crippen LogP contribution in [0.25, 0.3) is 0 Å². The molecule has 0 spiro atoms. The Hall–Kier alpha value is -2.09. The molecule has 1 atom stereocenters. The van der Waals surface area contributed by atoms with Gasteiger partial charge in [0.05, 0.1) is 12.0 Å². The maximum Gasteiger partial charge on any atom is 0.407 e. The smallest absolute Gasteiger partial charge is 0.407 e. The number of carbonyl (C=O) groups excluding carboxylic acids is 3. The number of alkyl carbamates (subject to hydrolysis) is 1. The summed E-state index contributed by atoms with van der Waals surface area (Å²) < 4.78 is 4.60. The van der Waals surface area contributed by atoms with Gasteiger partial charge in [0.25, 0.3) is 5.91 Å². The maximum absolute atomic E-state index is 12.7. The van der Waals surface area contributed by atoms with Crippen molar-refractivity contribution in [3.63, 3.8) is 0 Å². The zero-order valence-electron chi connectivity index (χ0n) is 14.8. The first kappa shape index (κ1) is 19.2. The highest BCUT2D eigenvalue weighted by Gasteiger charge is 2.31. The Balaban J connectivity index is 1.86. The van der Waals surface area contributed by atoms with Crippen molar-refractivity contribution in [3.05, 3.63) is 22.4 Å². The lowest BCUT2D eigenvalue weighted by atomic mass is 9.99. The van der Waals surface area contributed by atoms with Gasteiger partial charge < -0.3 is 20.3 Å². The third-order valence-corrected chi connectivity index (χ3v) is 5.15. The summed E-state index contributed by atoms with van der Waals surface area (Å²) in [6, 6.07) is 3.10. The van der Waals surface area contributed by atoms with Gasteiger partial charge in [-0.3, -0.25) is 9.59 Å². The molecule has 8 heteroatoms. The number of methoxy groups -OCH3 is 1. The van der Waals surface area contributed by atoms with Crippen molar-refractivity contribution >= 4 is 29.2 Å². The van der Waals surface area contributed by atoms with E-state index in [4.69, 9.17) is 0 Å². The van der Waals surface area contributed by atoms with E-state index in [1.165, 1.54) is 18.4 Å². The highest BCUT2D eigenvalue weighted by Crippen LogP contribution is 2.16. The van der Waals surface area contributed by atoms with E-state index < -0.39 is 12.1 Å². The standard InChI is InChI=1S/C17H25N3O4S/c1-11(2)14(19-17(23)24-3)16(22)20-8-6-12(7-9-20)18-15(21)13-5-4-10-25-13/h4-5,10-12,14H,6-9H2,1-3H3,(H,18,21)(H,19,23)/t14-/m1/s1. The minimum Gasteiger partial charge on any atom is -0.453 e. The molecular formula is C17H25N3O4S. The molecule has 0 aliphatic carbocycles. The molecule has 25 heavy (non-hydrogen) atoms. The quantitative estimate of drug-likeness (QED) is 0.831. The number of hydrogen-bond acceptors (Lipinski definition) is 5. The molecule has 1 saturated heterocycles. The molecule has 0 aromatic carbocycles. The fraction of sp³-hybridized carbons (Fsp3) is 0.588. The van der Waals surface area contributed by atoms with Gasteiger partial charge in [-0.2, -0.15) is 0 Å². The summed E-state index contributed by atoms with van der Waals surface area (Å²) in [4.78, 5) is 38.7. The SMILES string of the molecule is COC(=O)N[C@@H](C(=O)N1CCC(NC(=O)c2cccs2)CC1)C(C)C. The number of carbonyl (C=O) groups is 3. The average Bonchev–Trinajstić information content (AvgIpc) is 3.14. The van der Waals surface area contributed by atoms with E-state index in [1.807, 2.05) is 25.3 Å². The van der Waals surface area contributed by atoms with E-state index in [9.17, 15) is 14.4 Å². The normalized spacial score (nSPS) is 16.4. The van der Waals surface area contributed by atoms with Crippen molar-refractivity contribution in [1.29, 1.82) is 0 Å². The molecule has 1 aromatic rings. The Labute approximate surface area is 151 Å². The van der Waals surface area contributed by atoms with Crippen molar-refractivity contribution in [1.82, 2.24) is 15.5 Å². The van der Waals surface area contributed by atoms with Crippen molar-refractivity contribution in [3.8, 4) is 0 Å². The molecule has 1 fully saturated rings. The van der Waals surface area contributed by atoms with Crippen LogP contribution < -0.4 is 10.6 Å². The Morgan fingerprint density at radius 3 is 2.48 bits per heavy atom. The fourth-order valence-electron chi connectivity index (χ4n) is 2.80. The Morgan fingerprint density at radius 1 is 1.28 bits per heavy atom. The van der Waals surface area contributed by atoms with Crippen LogP contribution in [0.2, 0.25) is 0 Å². The number of thiophene rings is 1. The molecule has 138 valence electrons. The van der Waals surface area contributed by atoms with E-state index >= 15 is 0 Å². The Morgan fingerprint density at radius 2 is 1.96 bits per heavy atom. The summed E-state index contributed by atoms with van der Waals surface area (Å²) in [5, 5.41) is 7.49. The van der Waals surface area contributed by atoms with E-state index in [-0.39, 0.29) is 23.8 Å². The molecule has 1 aromatic heterocycles. The van der Waals surface area contributed by atoms with Crippen LogP contribution in [0.4, 0.5) is 4.79 Å². The van der Waals surface area contributed by atoms with E-state index in [1.54, 1.807) is 11.0 Å². The highest BCUT2D eigenvalue weighted by atomic mass is 32.1. The molecule has 1 aliphatic heterocycles. The average molecular weight is 367 g/mol. The van der Waals surface area contributed by atoms with Gasteiger partial charge in [0, 0.05) is 19.1 Å². The third kappa shape index (κ3) is 5.19. The number of ether oxygens (including phenoxy) is 1. The zero-order chi connectivity index (χ0) is 18.4. The number of hydrogen-bond donors (Lipinski definition) is 2. The predicted molar refractivity (Wildman–Crippen MR) is 95.6 cm³/mol. The van der Waals surface area contributed by atoms with E-state index in [2.05, 4.69) is 15.4 Å². The van der Waals surface area contributed by atoms with Crippen LogP contribution in [0, 0.1) is 5.92 Å². The number of rotatable bonds is 5. The zero-order valence-corrected chi connectivity index (χ0v) is 15.6. The van der Waals surface area contributed by atoms with Crippen molar-refractivity contribution < 1.29 is 19.1 Å². The first-order valence-electron chi connectivity index (χ1n) is 8.40. The lowest BCUT2D eigenvalue weighted by molar-refractivity contribution is -0.135. The lowest BCUT2D eigenvalue weighted by Gasteiger charge is -2.35. The Bertz CT molecular complexity index is 595. The van der Waals surface area contributed by atoms with Crippen LogP contribution in [-0.4, -0.2) is 55.1 Å². The van der Waals surface area contributed by atoms with Crippen LogP contribution in [0.3, 0.4) is 0 Å². The number of piperidine rings is 1. The van der Waals surface area contributed by atoms with Gasteiger partial charge in [-0.05, 0) is 30.2 Å². The van der Waals surface area contributed by atoms with Gasteiger partial charge >= 0.3 is 6.09 Å². The summed E-state index contributed by atoms with van der Waals surface area (Å²) in [6.45, 7) is 4.87. The van der Waals surface area contributed by atoms with Crippen molar-refractivity contribution in [2.75, 3.05) is 20.2 Å². The molecule has 2 rings (SSSR count). The largest absolute Gasteiger partial charge is 0.453 e. The first-order valence-corrected chi connectivity index (χ1v) is 9.28. The molecular weight excluding hydrogens is 342 g/mol. The summed E-state index contributed by atoms with van der Waals surface area (Å²) in [6.07, 6.45) is 0.794. The molecule has 2 heterocycles. The Kier molecular flexibility index (Phi) is 6.81. The van der Waals surface area contributed by atoms with Crippen LogP contribution >= 0.6 is 11.3 Å². The van der Waals surface area contributed by atoms with Gasteiger partial charge in [-0.15, -0.1) is 11.3 Å². The highest BCUT2D eigenvalue weighted by molar-refractivity contribution is 7.12. The lowest BCUT2D eigenvalue weighted by Crippen LogP contribution is -2.54. The number of amides is 3. The van der Waals surface area contributed by atoms with Crippen LogP contribution in [0.1, 0.15) is 36.4 Å². The third-order valence-electron chi connectivity index (χ3n) is 4.28.